The molecule has 18 heavy (non-hydrogen) atoms. The zero-order valence-corrected chi connectivity index (χ0v) is 10.5. The molecule has 3 heterocycles. The molecule has 0 bridgehead atoms. The number of carbonyl (C=O) groups is 1. The Kier molecular flexibility index (Phi) is 3.02. The molecule has 1 aliphatic rings. The molecule has 0 unspecified atom stereocenters. The second-order valence-electron chi connectivity index (χ2n) is 4.20. The number of amides is 1. The van der Waals surface area contributed by atoms with Crippen LogP contribution in [0.25, 0.3) is 4.96 Å². The van der Waals surface area contributed by atoms with Gasteiger partial charge in [-0.05, 0) is 0 Å². The van der Waals surface area contributed by atoms with Crippen molar-refractivity contribution in [2.24, 2.45) is 0 Å². The standard InChI is InChI=1S/C11H13N3O3S/c15-8-5-13(1-3-17-7-8)10(16)9-6-14-2-4-18-11(14)12-9/h2,4,6,8,15H,1,3,5,7H2/t8-/m1/s1. The summed E-state index contributed by atoms with van der Waals surface area (Å²) in [5.41, 5.74) is 0.413. The molecule has 0 radical (unpaired) electrons. The molecule has 3 rings (SSSR count). The van der Waals surface area contributed by atoms with Crippen LogP contribution in [0.3, 0.4) is 0 Å². The third-order valence-electron chi connectivity index (χ3n) is 2.85. The maximum Gasteiger partial charge on any atom is 0.274 e. The summed E-state index contributed by atoms with van der Waals surface area (Å²) in [5, 5.41) is 11.5. The Morgan fingerprint density at radius 3 is 3.33 bits per heavy atom. The minimum atomic E-state index is -0.625. The van der Waals surface area contributed by atoms with Crippen molar-refractivity contribution in [1.82, 2.24) is 14.3 Å². The van der Waals surface area contributed by atoms with E-state index in [1.807, 2.05) is 16.0 Å². The summed E-state index contributed by atoms with van der Waals surface area (Å²) in [6, 6.07) is 0. The summed E-state index contributed by atoms with van der Waals surface area (Å²) < 4.78 is 7.02. The largest absolute Gasteiger partial charge is 0.389 e. The van der Waals surface area contributed by atoms with E-state index in [9.17, 15) is 9.90 Å². The molecule has 0 saturated carbocycles. The summed E-state index contributed by atoms with van der Waals surface area (Å²) in [6.45, 7) is 1.51. The van der Waals surface area contributed by atoms with Gasteiger partial charge in [0.25, 0.3) is 5.91 Å². The van der Waals surface area contributed by atoms with E-state index in [0.717, 1.165) is 4.96 Å². The fourth-order valence-electron chi connectivity index (χ4n) is 1.97. The third kappa shape index (κ3) is 2.12. The number of rotatable bonds is 1. The number of β-amino-alcohol motifs (C(OH)–C–C–N with tert-alkyl or cyclic N) is 1. The average Bonchev–Trinajstić information content (AvgIpc) is 2.86. The highest BCUT2D eigenvalue weighted by Crippen LogP contribution is 2.13. The SMILES string of the molecule is O=C(c1cn2ccsc2n1)N1CCOC[C@H](O)C1. The van der Waals surface area contributed by atoms with Gasteiger partial charge in [-0.15, -0.1) is 11.3 Å². The Morgan fingerprint density at radius 2 is 2.50 bits per heavy atom. The van der Waals surface area contributed by atoms with Crippen LogP contribution in [0.5, 0.6) is 0 Å². The molecule has 1 atom stereocenters. The quantitative estimate of drug-likeness (QED) is 0.803. The average molecular weight is 267 g/mol. The van der Waals surface area contributed by atoms with Crippen molar-refractivity contribution in [3.8, 4) is 0 Å². The second-order valence-corrected chi connectivity index (χ2v) is 5.07. The Labute approximate surface area is 107 Å². The van der Waals surface area contributed by atoms with E-state index in [1.165, 1.54) is 11.3 Å². The fourth-order valence-corrected chi connectivity index (χ4v) is 2.67. The number of nitrogens with zero attached hydrogens (tertiary/aromatic N) is 3. The maximum atomic E-state index is 12.3. The van der Waals surface area contributed by atoms with Crippen LogP contribution in [0.4, 0.5) is 0 Å². The number of aliphatic hydroxyl groups excluding tert-OH is 1. The van der Waals surface area contributed by atoms with Gasteiger partial charge in [0.2, 0.25) is 0 Å². The Hall–Kier alpha value is -1.44. The normalized spacial score (nSPS) is 21.2. The highest BCUT2D eigenvalue weighted by atomic mass is 32.1. The van der Waals surface area contributed by atoms with Crippen LogP contribution in [0, 0.1) is 0 Å². The van der Waals surface area contributed by atoms with Gasteiger partial charge >= 0.3 is 0 Å². The summed E-state index contributed by atoms with van der Waals surface area (Å²) in [4.78, 5) is 18.9. The number of carbonyl (C=O) groups excluding carboxylic acids is 1. The lowest BCUT2D eigenvalue weighted by molar-refractivity contribution is 0.0533. The summed E-state index contributed by atoms with van der Waals surface area (Å²) in [5.74, 6) is -0.157. The van der Waals surface area contributed by atoms with Crippen LogP contribution in [-0.2, 0) is 4.74 Å². The van der Waals surface area contributed by atoms with Crippen molar-refractivity contribution in [2.45, 2.75) is 6.10 Å². The number of thiazole rings is 1. The summed E-state index contributed by atoms with van der Waals surface area (Å²) >= 11 is 1.48. The van der Waals surface area contributed by atoms with Gasteiger partial charge in [-0.25, -0.2) is 4.98 Å². The number of aromatic nitrogens is 2. The van der Waals surface area contributed by atoms with E-state index >= 15 is 0 Å². The topological polar surface area (TPSA) is 67.1 Å². The molecular weight excluding hydrogens is 254 g/mol. The monoisotopic (exact) mass is 267 g/mol. The molecule has 96 valence electrons. The number of imidazole rings is 1. The van der Waals surface area contributed by atoms with E-state index in [1.54, 1.807) is 11.1 Å². The lowest BCUT2D eigenvalue weighted by atomic mass is 10.3. The lowest BCUT2D eigenvalue weighted by Gasteiger charge is -2.19. The van der Waals surface area contributed by atoms with Gasteiger partial charge in [-0.2, -0.15) is 0 Å². The van der Waals surface area contributed by atoms with Crippen molar-refractivity contribution < 1.29 is 14.6 Å². The van der Waals surface area contributed by atoms with Gasteiger partial charge in [0.1, 0.15) is 5.69 Å². The zero-order valence-electron chi connectivity index (χ0n) is 9.65. The van der Waals surface area contributed by atoms with Gasteiger partial charge in [0.15, 0.2) is 4.96 Å². The maximum absolute atomic E-state index is 12.3. The first kappa shape index (κ1) is 11.6. The van der Waals surface area contributed by atoms with Crippen molar-refractivity contribution in [1.29, 1.82) is 0 Å². The first-order chi connectivity index (χ1) is 8.74. The molecule has 1 aliphatic heterocycles. The molecule has 0 spiro atoms. The Bertz CT molecular complexity index is 536. The van der Waals surface area contributed by atoms with Crippen LogP contribution >= 0.6 is 11.3 Å². The molecule has 0 aliphatic carbocycles. The highest BCUT2D eigenvalue weighted by molar-refractivity contribution is 7.15. The van der Waals surface area contributed by atoms with Crippen molar-refractivity contribution in [3.63, 3.8) is 0 Å². The smallest absolute Gasteiger partial charge is 0.274 e. The molecule has 2 aromatic rings. The first-order valence-electron chi connectivity index (χ1n) is 5.71. The first-order valence-corrected chi connectivity index (χ1v) is 6.59. The van der Waals surface area contributed by atoms with Gasteiger partial charge in [0.05, 0.1) is 19.3 Å². The van der Waals surface area contributed by atoms with Gasteiger partial charge in [-0.3, -0.25) is 9.20 Å². The molecule has 1 fully saturated rings. The van der Waals surface area contributed by atoms with Gasteiger partial charge < -0.3 is 14.7 Å². The third-order valence-corrected chi connectivity index (χ3v) is 3.62. The minimum Gasteiger partial charge on any atom is -0.389 e. The predicted octanol–water partition coefficient (Wildman–Crippen LogP) is 0.229. The summed E-state index contributed by atoms with van der Waals surface area (Å²) in [7, 11) is 0. The molecule has 1 amide bonds. The van der Waals surface area contributed by atoms with E-state index < -0.39 is 6.10 Å². The number of hydrogen-bond donors (Lipinski definition) is 1. The molecule has 2 aromatic heterocycles. The minimum absolute atomic E-state index is 0.157. The Morgan fingerprint density at radius 1 is 1.61 bits per heavy atom. The molecule has 1 saturated heterocycles. The number of hydrogen-bond acceptors (Lipinski definition) is 5. The van der Waals surface area contributed by atoms with E-state index in [0.29, 0.717) is 25.4 Å². The Balaban J connectivity index is 1.82. The van der Waals surface area contributed by atoms with Crippen LogP contribution in [0.1, 0.15) is 10.5 Å². The molecule has 7 heteroatoms. The van der Waals surface area contributed by atoms with Crippen LogP contribution in [0.15, 0.2) is 17.8 Å². The molecule has 0 aromatic carbocycles. The number of ether oxygens (including phenoxy) is 1. The van der Waals surface area contributed by atoms with E-state index in [2.05, 4.69) is 4.98 Å². The number of fused-ring (bicyclic) bond motifs is 1. The summed E-state index contributed by atoms with van der Waals surface area (Å²) in [6.07, 6.45) is 2.95. The molecular formula is C11H13N3O3S. The van der Waals surface area contributed by atoms with Crippen molar-refractivity contribution in [3.05, 3.63) is 23.5 Å². The van der Waals surface area contributed by atoms with Crippen LogP contribution in [0.2, 0.25) is 0 Å². The second kappa shape index (κ2) is 4.68. The van der Waals surface area contributed by atoms with Crippen molar-refractivity contribution in [2.75, 3.05) is 26.3 Å². The van der Waals surface area contributed by atoms with Crippen molar-refractivity contribution >= 4 is 22.2 Å². The van der Waals surface area contributed by atoms with E-state index in [-0.39, 0.29) is 12.5 Å². The molecule has 1 N–H and O–H groups in total. The van der Waals surface area contributed by atoms with Gasteiger partial charge in [0, 0.05) is 30.9 Å². The van der Waals surface area contributed by atoms with Crippen LogP contribution in [-0.4, -0.2) is 57.7 Å². The zero-order chi connectivity index (χ0) is 12.5. The van der Waals surface area contributed by atoms with Crippen LogP contribution < -0.4 is 0 Å². The number of aliphatic hydroxyl groups is 1. The highest BCUT2D eigenvalue weighted by Gasteiger charge is 2.23. The van der Waals surface area contributed by atoms with E-state index in [4.69, 9.17) is 4.74 Å². The lowest BCUT2D eigenvalue weighted by Crippen LogP contribution is -2.37. The van der Waals surface area contributed by atoms with Gasteiger partial charge in [-0.1, -0.05) is 0 Å². The predicted molar refractivity (Wildman–Crippen MR) is 65.8 cm³/mol. The molecule has 6 nitrogen and oxygen atoms in total. The fraction of sp³-hybridized carbons (Fsp3) is 0.455.